The fourth-order valence-electron chi connectivity index (χ4n) is 2.09. The third kappa shape index (κ3) is 3.46. The summed E-state index contributed by atoms with van der Waals surface area (Å²) in [5, 5.41) is 4.19. The molecule has 118 valence electrons. The Hall–Kier alpha value is -2.51. The highest BCUT2D eigenvalue weighted by Crippen LogP contribution is 2.14. The lowest BCUT2D eigenvalue weighted by Crippen LogP contribution is -2.24. The zero-order chi connectivity index (χ0) is 16.3. The highest BCUT2D eigenvalue weighted by atomic mass is 32.2. The molecule has 0 fully saturated rings. The highest BCUT2D eigenvalue weighted by molar-refractivity contribution is 7.89. The van der Waals surface area contributed by atoms with E-state index >= 15 is 0 Å². The summed E-state index contributed by atoms with van der Waals surface area (Å²) in [6, 6.07) is 14.7. The first-order valence-corrected chi connectivity index (χ1v) is 8.38. The minimum Gasteiger partial charge on any atom is -0.241 e. The van der Waals surface area contributed by atoms with Crippen molar-refractivity contribution in [3.8, 4) is 5.69 Å². The molecule has 0 unspecified atom stereocenters. The van der Waals surface area contributed by atoms with Gasteiger partial charge < -0.3 is 0 Å². The zero-order valence-corrected chi connectivity index (χ0v) is 12.9. The van der Waals surface area contributed by atoms with Crippen molar-refractivity contribution in [1.29, 1.82) is 0 Å². The lowest BCUT2D eigenvalue weighted by Gasteiger charge is -2.06. The molecule has 1 heterocycles. The summed E-state index contributed by atoms with van der Waals surface area (Å²) in [5.74, 6) is -0.778. The van der Waals surface area contributed by atoms with Crippen molar-refractivity contribution in [2.75, 3.05) is 0 Å². The number of rotatable bonds is 5. The molecule has 0 saturated heterocycles. The molecule has 0 aliphatic rings. The van der Waals surface area contributed by atoms with E-state index in [1.807, 2.05) is 30.3 Å². The molecule has 0 aliphatic heterocycles. The van der Waals surface area contributed by atoms with Crippen LogP contribution in [-0.4, -0.2) is 18.2 Å². The molecular formula is C16H14FN3O2S. The van der Waals surface area contributed by atoms with Crippen molar-refractivity contribution < 1.29 is 12.8 Å². The van der Waals surface area contributed by atoms with Crippen LogP contribution in [-0.2, 0) is 16.6 Å². The molecule has 1 aromatic heterocycles. The Morgan fingerprint density at radius 2 is 1.74 bits per heavy atom. The summed E-state index contributed by atoms with van der Waals surface area (Å²) >= 11 is 0. The van der Waals surface area contributed by atoms with Gasteiger partial charge in [0, 0.05) is 18.3 Å². The second kappa shape index (κ2) is 6.31. The maximum Gasteiger partial charge on any atom is 0.243 e. The number of sulfonamides is 1. The average molecular weight is 331 g/mol. The van der Waals surface area contributed by atoms with Gasteiger partial charge in [-0.15, -0.1) is 0 Å². The van der Waals surface area contributed by atoms with Gasteiger partial charge in [-0.05, 0) is 24.3 Å². The molecule has 0 bridgehead atoms. The SMILES string of the molecule is O=S(=O)(NCc1cnn(-c2ccccc2)c1)c1ccccc1F. The van der Waals surface area contributed by atoms with Gasteiger partial charge in [-0.2, -0.15) is 5.10 Å². The Labute approximate surface area is 133 Å². The minimum atomic E-state index is -3.91. The van der Waals surface area contributed by atoms with Gasteiger partial charge in [0.05, 0.1) is 11.9 Å². The Morgan fingerprint density at radius 1 is 1.04 bits per heavy atom. The average Bonchev–Trinajstić information content (AvgIpc) is 3.03. The fraction of sp³-hybridized carbons (Fsp3) is 0.0625. The number of para-hydroxylation sites is 1. The van der Waals surface area contributed by atoms with Crippen molar-refractivity contribution in [3.05, 3.63) is 78.4 Å². The molecule has 0 spiro atoms. The van der Waals surface area contributed by atoms with Crippen molar-refractivity contribution in [2.45, 2.75) is 11.4 Å². The number of aromatic nitrogens is 2. The first kappa shape index (κ1) is 15.4. The molecule has 5 nitrogen and oxygen atoms in total. The van der Waals surface area contributed by atoms with Crippen molar-refractivity contribution >= 4 is 10.0 Å². The van der Waals surface area contributed by atoms with E-state index in [2.05, 4.69) is 9.82 Å². The van der Waals surface area contributed by atoms with Crippen LogP contribution in [0.3, 0.4) is 0 Å². The molecule has 1 N–H and O–H groups in total. The largest absolute Gasteiger partial charge is 0.243 e. The van der Waals surface area contributed by atoms with Crippen LogP contribution in [0, 0.1) is 5.82 Å². The lowest BCUT2D eigenvalue weighted by molar-refractivity contribution is 0.557. The quantitative estimate of drug-likeness (QED) is 0.781. The van der Waals surface area contributed by atoms with Crippen molar-refractivity contribution in [3.63, 3.8) is 0 Å². The van der Waals surface area contributed by atoms with E-state index in [1.54, 1.807) is 17.1 Å². The Bertz CT molecular complexity index is 908. The van der Waals surface area contributed by atoms with Gasteiger partial charge in [0.15, 0.2) is 0 Å². The number of halogens is 1. The van der Waals surface area contributed by atoms with E-state index < -0.39 is 15.8 Å². The van der Waals surface area contributed by atoms with E-state index in [0.29, 0.717) is 5.56 Å². The second-order valence-electron chi connectivity index (χ2n) is 4.88. The highest BCUT2D eigenvalue weighted by Gasteiger charge is 2.18. The number of hydrogen-bond donors (Lipinski definition) is 1. The topological polar surface area (TPSA) is 64.0 Å². The van der Waals surface area contributed by atoms with Crippen LogP contribution in [0.1, 0.15) is 5.56 Å². The van der Waals surface area contributed by atoms with Gasteiger partial charge in [0.1, 0.15) is 10.7 Å². The monoisotopic (exact) mass is 331 g/mol. The molecule has 0 amide bonds. The van der Waals surface area contributed by atoms with Crippen molar-refractivity contribution in [1.82, 2.24) is 14.5 Å². The summed E-state index contributed by atoms with van der Waals surface area (Å²) in [4.78, 5) is -0.365. The van der Waals surface area contributed by atoms with Gasteiger partial charge in [0.2, 0.25) is 10.0 Å². The first-order chi connectivity index (χ1) is 11.1. The van der Waals surface area contributed by atoms with Crippen LogP contribution < -0.4 is 4.72 Å². The smallest absolute Gasteiger partial charge is 0.241 e. The molecule has 0 atom stereocenters. The maximum absolute atomic E-state index is 13.6. The summed E-state index contributed by atoms with van der Waals surface area (Å²) in [5.41, 5.74) is 1.55. The fourth-order valence-corrected chi connectivity index (χ4v) is 3.19. The van der Waals surface area contributed by atoms with Gasteiger partial charge in [-0.1, -0.05) is 30.3 Å². The third-order valence-electron chi connectivity index (χ3n) is 3.25. The molecule has 2 aromatic carbocycles. The molecule has 0 aliphatic carbocycles. The Kier molecular flexibility index (Phi) is 4.22. The predicted molar refractivity (Wildman–Crippen MR) is 84.0 cm³/mol. The van der Waals surface area contributed by atoms with E-state index in [0.717, 1.165) is 11.8 Å². The van der Waals surface area contributed by atoms with Crippen LogP contribution in [0.25, 0.3) is 5.69 Å². The maximum atomic E-state index is 13.6. The van der Waals surface area contributed by atoms with Crippen LogP contribution >= 0.6 is 0 Å². The van der Waals surface area contributed by atoms with Crippen LogP contribution in [0.5, 0.6) is 0 Å². The number of nitrogens with zero attached hydrogens (tertiary/aromatic N) is 2. The second-order valence-corrected chi connectivity index (χ2v) is 6.62. The summed E-state index contributed by atoms with van der Waals surface area (Å²) in [6.45, 7) is 0.0313. The Balaban J connectivity index is 1.74. The van der Waals surface area contributed by atoms with E-state index in [-0.39, 0.29) is 11.4 Å². The minimum absolute atomic E-state index is 0.0313. The van der Waals surface area contributed by atoms with E-state index in [4.69, 9.17) is 0 Å². The summed E-state index contributed by atoms with van der Waals surface area (Å²) < 4.78 is 41.9. The standard InChI is InChI=1S/C16H14FN3O2S/c17-15-8-4-5-9-16(15)23(21,22)19-11-13-10-18-20(12-13)14-6-2-1-3-7-14/h1-10,12,19H,11H2. The van der Waals surface area contributed by atoms with Crippen LogP contribution in [0.15, 0.2) is 71.9 Å². The number of nitrogens with one attached hydrogen (secondary N) is 1. The molecule has 0 radical (unpaired) electrons. The molecule has 0 saturated carbocycles. The van der Waals surface area contributed by atoms with Gasteiger partial charge in [-0.3, -0.25) is 0 Å². The Morgan fingerprint density at radius 3 is 2.48 bits per heavy atom. The predicted octanol–water partition coefficient (Wildman–Crippen LogP) is 2.49. The van der Waals surface area contributed by atoms with Crippen LogP contribution in [0.2, 0.25) is 0 Å². The third-order valence-corrected chi connectivity index (χ3v) is 4.68. The molecule has 23 heavy (non-hydrogen) atoms. The van der Waals surface area contributed by atoms with Crippen LogP contribution in [0.4, 0.5) is 4.39 Å². The van der Waals surface area contributed by atoms with E-state index in [1.165, 1.54) is 18.2 Å². The molecular weight excluding hydrogens is 317 g/mol. The van der Waals surface area contributed by atoms with Gasteiger partial charge in [0.25, 0.3) is 0 Å². The normalized spacial score (nSPS) is 11.5. The zero-order valence-electron chi connectivity index (χ0n) is 12.1. The van der Waals surface area contributed by atoms with Gasteiger partial charge >= 0.3 is 0 Å². The lowest BCUT2D eigenvalue weighted by atomic mass is 10.3. The summed E-state index contributed by atoms with van der Waals surface area (Å²) in [7, 11) is -3.91. The van der Waals surface area contributed by atoms with E-state index in [9.17, 15) is 12.8 Å². The summed E-state index contributed by atoms with van der Waals surface area (Å²) in [6.07, 6.45) is 3.29. The molecule has 3 aromatic rings. The first-order valence-electron chi connectivity index (χ1n) is 6.89. The van der Waals surface area contributed by atoms with Crippen molar-refractivity contribution in [2.24, 2.45) is 0 Å². The number of hydrogen-bond acceptors (Lipinski definition) is 3. The molecule has 3 rings (SSSR count). The van der Waals surface area contributed by atoms with Gasteiger partial charge in [-0.25, -0.2) is 22.2 Å². The molecule has 7 heteroatoms. The number of benzene rings is 2.